The molecule has 0 bridgehead atoms. The van der Waals surface area contributed by atoms with Gasteiger partial charge < -0.3 is 10.0 Å². The van der Waals surface area contributed by atoms with Crippen molar-refractivity contribution in [3.63, 3.8) is 0 Å². The van der Waals surface area contributed by atoms with Gasteiger partial charge in [0.2, 0.25) is 0 Å². The van der Waals surface area contributed by atoms with Gasteiger partial charge in [0.15, 0.2) is 0 Å². The van der Waals surface area contributed by atoms with Gasteiger partial charge in [-0.3, -0.25) is 4.79 Å². The van der Waals surface area contributed by atoms with E-state index in [1.807, 2.05) is 30.0 Å². The van der Waals surface area contributed by atoms with Gasteiger partial charge >= 0.3 is 0 Å². The van der Waals surface area contributed by atoms with Crippen LogP contribution in [-0.2, 0) is 6.42 Å². The van der Waals surface area contributed by atoms with E-state index in [0.717, 1.165) is 37.1 Å². The largest absolute Gasteiger partial charge is 0.508 e. The lowest BCUT2D eigenvalue weighted by Gasteiger charge is -2.23. The van der Waals surface area contributed by atoms with Crippen LogP contribution in [0.1, 0.15) is 34.3 Å². The Morgan fingerprint density at radius 1 is 1.14 bits per heavy atom. The quantitative estimate of drug-likeness (QED) is 0.866. The summed E-state index contributed by atoms with van der Waals surface area (Å²) in [7, 11) is 0. The maximum atomic E-state index is 12.9. The number of fused-ring (bicyclic) bond motifs is 1. The average Bonchev–Trinajstić information content (AvgIpc) is 2.69. The maximum absolute atomic E-state index is 12.9. The van der Waals surface area contributed by atoms with Crippen molar-refractivity contribution in [1.29, 1.82) is 0 Å². The number of benzene rings is 2. The Morgan fingerprint density at radius 3 is 2.76 bits per heavy atom. The summed E-state index contributed by atoms with van der Waals surface area (Å²) in [6, 6.07) is 13.0. The van der Waals surface area contributed by atoms with Gasteiger partial charge in [-0.2, -0.15) is 0 Å². The summed E-state index contributed by atoms with van der Waals surface area (Å²) in [5.74, 6) is 0.210. The van der Waals surface area contributed by atoms with E-state index >= 15 is 0 Å². The van der Waals surface area contributed by atoms with Crippen molar-refractivity contribution >= 4 is 11.6 Å². The number of hydrogen-bond donors (Lipinski definition) is 1. The normalized spacial score (nSPS) is 14.4. The van der Waals surface area contributed by atoms with E-state index in [4.69, 9.17) is 0 Å². The zero-order valence-electron chi connectivity index (χ0n) is 12.2. The number of nitrogens with zero attached hydrogens (tertiary/aromatic N) is 1. The number of para-hydroxylation sites is 1. The van der Waals surface area contributed by atoms with Crippen molar-refractivity contribution in [1.82, 2.24) is 0 Å². The number of carbonyl (C=O) groups excluding carboxylic acids is 1. The number of hydrogen-bond acceptors (Lipinski definition) is 2. The number of rotatable bonds is 1. The minimum atomic E-state index is 0.0156. The summed E-state index contributed by atoms with van der Waals surface area (Å²) in [6.45, 7) is 2.60. The molecule has 108 valence electrons. The lowest BCUT2D eigenvalue weighted by atomic mass is 10.1. The number of anilines is 1. The first kappa shape index (κ1) is 13.7. The van der Waals surface area contributed by atoms with Crippen LogP contribution >= 0.6 is 0 Å². The molecule has 1 N–H and O–H groups in total. The van der Waals surface area contributed by atoms with Crippen LogP contribution < -0.4 is 4.90 Å². The molecular weight excluding hydrogens is 262 g/mol. The third-order valence-corrected chi connectivity index (χ3v) is 4.05. The minimum Gasteiger partial charge on any atom is -0.508 e. The van der Waals surface area contributed by atoms with Gasteiger partial charge in [-0.05, 0) is 61.6 Å². The summed E-state index contributed by atoms with van der Waals surface area (Å²) in [6.07, 6.45) is 3.14. The van der Waals surface area contributed by atoms with Gasteiger partial charge in [0.05, 0.1) is 0 Å². The second kappa shape index (κ2) is 5.60. The average molecular weight is 281 g/mol. The first-order chi connectivity index (χ1) is 10.2. The van der Waals surface area contributed by atoms with Gasteiger partial charge in [-0.25, -0.2) is 0 Å². The Labute approximate surface area is 124 Å². The van der Waals surface area contributed by atoms with E-state index in [1.54, 1.807) is 18.2 Å². The van der Waals surface area contributed by atoms with Crippen molar-refractivity contribution in [3.05, 3.63) is 59.2 Å². The Bertz CT molecular complexity index is 679. The van der Waals surface area contributed by atoms with Gasteiger partial charge in [0.25, 0.3) is 5.91 Å². The number of carbonyl (C=O) groups is 1. The fourth-order valence-electron chi connectivity index (χ4n) is 2.94. The maximum Gasteiger partial charge on any atom is 0.258 e. The number of amides is 1. The highest BCUT2D eigenvalue weighted by molar-refractivity contribution is 6.07. The molecule has 1 aliphatic rings. The molecule has 0 unspecified atom stereocenters. The molecule has 1 heterocycles. The fraction of sp³-hybridized carbons (Fsp3) is 0.278. The van der Waals surface area contributed by atoms with E-state index < -0.39 is 0 Å². The molecule has 0 saturated carbocycles. The molecule has 1 aliphatic heterocycles. The highest BCUT2D eigenvalue weighted by Gasteiger charge is 2.23. The molecule has 3 heteroatoms. The highest BCUT2D eigenvalue weighted by atomic mass is 16.3. The zero-order chi connectivity index (χ0) is 14.8. The third kappa shape index (κ3) is 2.64. The number of phenols is 1. The first-order valence-corrected chi connectivity index (χ1v) is 7.36. The SMILES string of the molecule is Cc1cc(O)ccc1C(=O)N1CCCCc2ccccc21. The molecule has 1 amide bonds. The van der Waals surface area contributed by atoms with Crippen LogP contribution in [0, 0.1) is 6.92 Å². The molecule has 2 aromatic rings. The molecule has 0 radical (unpaired) electrons. The Kier molecular flexibility index (Phi) is 3.65. The van der Waals surface area contributed by atoms with Crippen LogP contribution in [0.5, 0.6) is 5.75 Å². The summed E-state index contributed by atoms with van der Waals surface area (Å²) in [5, 5.41) is 9.51. The van der Waals surface area contributed by atoms with E-state index in [-0.39, 0.29) is 11.7 Å². The molecule has 0 fully saturated rings. The second-order valence-corrected chi connectivity index (χ2v) is 5.54. The van der Waals surface area contributed by atoms with Gasteiger partial charge in [0, 0.05) is 17.8 Å². The van der Waals surface area contributed by atoms with Crippen molar-refractivity contribution in [2.45, 2.75) is 26.2 Å². The van der Waals surface area contributed by atoms with Crippen LogP contribution in [0.2, 0.25) is 0 Å². The lowest BCUT2D eigenvalue weighted by molar-refractivity contribution is 0.0986. The molecule has 0 saturated heterocycles. The van der Waals surface area contributed by atoms with Crippen molar-refractivity contribution < 1.29 is 9.90 Å². The summed E-state index contributed by atoms with van der Waals surface area (Å²) in [5.41, 5.74) is 3.72. The van der Waals surface area contributed by atoms with Crippen molar-refractivity contribution in [2.24, 2.45) is 0 Å². The fourth-order valence-corrected chi connectivity index (χ4v) is 2.94. The Morgan fingerprint density at radius 2 is 1.95 bits per heavy atom. The van der Waals surface area contributed by atoms with Gasteiger partial charge in [0.1, 0.15) is 5.75 Å². The second-order valence-electron chi connectivity index (χ2n) is 5.54. The predicted molar refractivity (Wildman–Crippen MR) is 83.9 cm³/mol. The van der Waals surface area contributed by atoms with Crippen LogP contribution in [0.3, 0.4) is 0 Å². The van der Waals surface area contributed by atoms with Gasteiger partial charge in [-0.1, -0.05) is 18.2 Å². The number of phenolic OH excluding ortho intramolecular Hbond substituents is 1. The molecule has 21 heavy (non-hydrogen) atoms. The van der Waals surface area contributed by atoms with Crippen LogP contribution in [0.4, 0.5) is 5.69 Å². The van der Waals surface area contributed by atoms with Crippen molar-refractivity contribution in [2.75, 3.05) is 11.4 Å². The summed E-state index contributed by atoms with van der Waals surface area (Å²) in [4.78, 5) is 14.8. The molecule has 0 aliphatic carbocycles. The molecule has 3 nitrogen and oxygen atoms in total. The predicted octanol–water partition coefficient (Wildman–Crippen LogP) is 3.68. The molecule has 3 rings (SSSR count). The Hall–Kier alpha value is -2.29. The summed E-state index contributed by atoms with van der Waals surface area (Å²) >= 11 is 0. The zero-order valence-corrected chi connectivity index (χ0v) is 12.2. The molecular formula is C18H19NO2. The number of aryl methyl sites for hydroxylation is 2. The number of aromatic hydroxyl groups is 1. The smallest absolute Gasteiger partial charge is 0.258 e. The standard InChI is InChI=1S/C18H19NO2/c1-13-12-15(20)9-10-16(13)18(21)19-11-5-4-7-14-6-2-3-8-17(14)19/h2-3,6,8-10,12,20H,4-5,7,11H2,1H3. The van der Waals surface area contributed by atoms with E-state index in [9.17, 15) is 9.90 Å². The van der Waals surface area contributed by atoms with Crippen LogP contribution in [-0.4, -0.2) is 17.6 Å². The highest BCUT2D eigenvalue weighted by Crippen LogP contribution is 2.28. The monoisotopic (exact) mass is 281 g/mol. The third-order valence-electron chi connectivity index (χ3n) is 4.05. The van der Waals surface area contributed by atoms with E-state index in [1.165, 1.54) is 5.56 Å². The first-order valence-electron chi connectivity index (χ1n) is 7.36. The van der Waals surface area contributed by atoms with E-state index in [2.05, 4.69) is 6.07 Å². The molecule has 2 aromatic carbocycles. The van der Waals surface area contributed by atoms with E-state index in [0.29, 0.717) is 5.56 Å². The summed E-state index contributed by atoms with van der Waals surface area (Å²) < 4.78 is 0. The minimum absolute atomic E-state index is 0.0156. The lowest BCUT2D eigenvalue weighted by Crippen LogP contribution is -2.32. The van der Waals surface area contributed by atoms with Crippen molar-refractivity contribution in [3.8, 4) is 5.75 Å². The molecule has 0 spiro atoms. The molecule has 0 atom stereocenters. The van der Waals surface area contributed by atoms with Gasteiger partial charge in [-0.15, -0.1) is 0 Å². The Balaban J connectivity index is 2.01. The topological polar surface area (TPSA) is 40.5 Å². The van der Waals surface area contributed by atoms with Crippen LogP contribution in [0.15, 0.2) is 42.5 Å². The molecule has 0 aromatic heterocycles. The van der Waals surface area contributed by atoms with Crippen LogP contribution in [0.25, 0.3) is 0 Å².